The SMILES string of the molecule is CCCCOC(=O)NN(C(=O)OCCCC)c1ccc(O)c2c1CC1CC3[C@H](N(C)C)C(O)=C(C(N)=O)C(=O)[C@@]3(O)C(O)=C1C2=O. The van der Waals surface area contributed by atoms with Crippen molar-refractivity contribution in [2.75, 3.05) is 32.3 Å². The Kier molecular flexibility index (Phi) is 9.97. The number of aromatic hydroxyl groups is 1. The van der Waals surface area contributed by atoms with Crippen molar-refractivity contribution in [1.29, 1.82) is 0 Å². The number of hydrogen-bond donors (Lipinski definition) is 6. The predicted molar refractivity (Wildman–Crippen MR) is 162 cm³/mol. The third-order valence-electron chi connectivity index (χ3n) is 8.66. The van der Waals surface area contributed by atoms with Crippen LogP contribution >= 0.6 is 0 Å². The number of carbonyl (C=O) groups excluding carboxylic acids is 5. The van der Waals surface area contributed by atoms with Gasteiger partial charge in [0.1, 0.15) is 22.8 Å². The van der Waals surface area contributed by atoms with Gasteiger partial charge in [-0.25, -0.2) is 15.0 Å². The normalized spacial score (nSPS) is 23.8. The minimum Gasteiger partial charge on any atom is -0.510 e. The highest BCUT2D eigenvalue weighted by Crippen LogP contribution is 2.53. The molecule has 0 fully saturated rings. The molecule has 1 aromatic rings. The van der Waals surface area contributed by atoms with Gasteiger partial charge in [-0.3, -0.25) is 19.3 Å². The zero-order valence-corrected chi connectivity index (χ0v) is 26.2. The molecule has 0 heterocycles. The molecule has 0 aliphatic heterocycles. The molecule has 3 aliphatic rings. The fourth-order valence-corrected chi connectivity index (χ4v) is 6.45. The molecule has 0 radical (unpaired) electrons. The minimum absolute atomic E-state index is 0.0166. The van der Waals surface area contributed by atoms with Crippen molar-refractivity contribution in [1.82, 2.24) is 10.3 Å². The molecule has 2 unspecified atom stereocenters. The second-order valence-electron chi connectivity index (χ2n) is 11.8. The molecule has 0 aromatic heterocycles. The van der Waals surface area contributed by atoms with E-state index in [2.05, 4.69) is 5.43 Å². The lowest BCUT2D eigenvalue weighted by molar-refractivity contribution is -0.148. The van der Waals surface area contributed by atoms with Gasteiger partial charge in [-0.2, -0.15) is 5.01 Å². The number of carbonyl (C=O) groups is 5. The monoisotopic (exact) mass is 644 g/mol. The average molecular weight is 645 g/mol. The van der Waals surface area contributed by atoms with Gasteiger partial charge in [0, 0.05) is 11.5 Å². The van der Waals surface area contributed by atoms with E-state index in [1.807, 2.05) is 13.8 Å². The summed E-state index contributed by atoms with van der Waals surface area (Å²) in [6.45, 7) is 3.92. The number of hydrazine groups is 1. The van der Waals surface area contributed by atoms with Gasteiger partial charge < -0.3 is 35.6 Å². The number of allylic oxidation sites excluding steroid dienone is 1. The summed E-state index contributed by atoms with van der Waals surface area (Å²) in [5, 5.41) is 45.8. The van der Waals surface area contributed by atoms with E-state index in [1.54, 1.807) is 0 Å². The number of nitrogens with one attached hydrogen (secondary N) is 1. The Bertz CT molecular complexity index is 1520. The number of benzene rings is 1. The van der Waals surface area contributed by atoms with Crippen molar-refractivity contribution in [2.45, 2.75) is 64.0 Å². The number of ether oxygens (including phenoxy) is 2. The third kappa shape index (κ3) is 5.75. The van der Waals surface area contributed by atoms with Crippen molar-refractivity contribution < 1.29 is 53.9 Å². The fourth-order valence-electron chi connectivity index (χ4n) is 6.45. The summed E-state index contributed by atoms with van der Waals surface area (Å²) in [5.41, 5.74) is 3.41. The zero-order chi connectivity index (χ0) is 34.1. The number of nitrogens with zero attached hydrogens (tertiary/aromatic N) is 2. The van der Waals surface area contributed by atoms with Crippen LogP contribution in [-0.4, -0.2) is 93.9 Å². The average Bonchev–Trinajstić information content (AvgIpc) is 2.98. The van der Waals surface area contributed by atoms with Gasteiger partial charge in [0.25, 0.3) is 5.91 Å². The largest absolute Gasteiger partial charge is 0.510 e. The zero-order valence-electron chi connectivity index (χ0n) is 26.2. The van der Waals surface area contributed by atoms with Crippen LogP contribution < -0.4 is 16.2 Å². The van der Waals surface area contributed by atoms with Gasteiger partial charge >= 0.3 is 12.2 Å². The molecule has 1 aromatic carbocycles. The maximum atomic E-state index is 14.0. The highest BCUT2D eigenvalue weighted by atomic mass is 16.6. The first-order chi connectivity index (χ1) is 21.7. The molecule has 3 aliphatic carbocycles. The maximum absolute atomic E-state index is 14.0. The van der Waals surface area contributed by atoms with Crippen molar-refractivity contribution in [3.8, 4) is 5.75 Å². The third-order valence-corrected chi connectivity index (χ3v) is 8.66. The van der Waals surface area contributed by atoms with E-state index in [4.69, 9.17) is 15.2 Å². The number of phenols is 1. The molecular formula is C31H40N4O11. The van der Waals surface area contributed by atoms with Gasteiger partial charge in [-0.1, -0.05) is 26.7 Å². The molecule has 0 bridgehead atoms. The van der Waals surface area contributed by atoms with Gasteiger partial charge in [0.2, 0.25) is 5.78 Å². The molecule has 4 atom stereocenters. The molecule has 3 amide bonds. The van der Waals surface area contributed by atoms with E-state index >= 15 is 0 Å². The van der Waals surface area contributed by atoms with E-state index in [9.17, 15) is 44.4 Å². The first-order valence-corrected chi connectivity index (χ1v) is 15.1. The van der Waals surface area contributed by atoms with E-state index < -0.39 is 76.0 Å². The Hall–Kier alpha value is -4.63. The molecular weight excluding hydrogens is 604 g/mol. The number of Topliss-reactive ketones (excluding diaryl/α,β-unsaturated/α-hetero) is 2. The Labute approximate surface area is 265 Å². The molecule has 0 spiro atoms. The van der Waals surface area contributed by atoms with Gasteiger partial charge in [0.05, 0.1) is 30.5 Å². The number of rotatable bonds is 9. The second-order valence-corrected chi connectivity index (χ2v) is 11.8. The lowest BCUT2D eigenvalue weighted by atomic mass is 9.58. The van der Waals surface area contributed by atoms with Crippen LogP contribution in [0.3, 0.4) is 0 Å². The number of unbranched alkanes of at least 4 members (excludes halogenated alkanes) is 2. The first kappa shape index (κ1) is 34.2. The smallest absolute Gasteiger partial charge is 0.433 e. The Morgan fingerprint density at radius 2 is 1.67 bits per heavy atom. The van der Waals surface area contributed by atoms with Crippen LogP contribution in [0.25, 0.3) is 0 Å². The van der Waals surface area contributed by atoms with Crippen molar-refractivity contribution >= 4 is 35.3 Å². The molecule has 15 nitrogen and oxygen atoms in total. The lowest BCUT2D eigenvalue weighted by Gasteiger charge is -2.50. The molecule has 0 saturated heterocycles. The van der Waals surface area contributed by atoms with Crippen LogP contribution in [0.5, 0.6) is 5.75 Å². The van der Waals surface area contributed by atoms with E-state index in [0.29, 0.717) is 12.8 Å². The number of phenolic OH excluding ortho intramolecular Hbond substituents is 1. The Morgan fingerprint density at radius 1 is 1.04 bits per heavy atom. The number of amides is 3. The fraction of sp³-hybridized carbons (Fsp3) is 0.516. The standard InChI is InChI=1S/C31H40N4O11/c1-5-7-11-45-29(42)33-35(30(43)46-12-8-6-2)18-9-10-19(36)21-16(18)13-15-14-17-23(34(3)4)25(38)22(28(32)41)27(40)31(17,44)26(39)20(15)24(21)37/h9-10,15,17,23,36,38-39,44H,5-8,11-14H2,1-4H3,(H2,32,41)(H,33,42)/t15?,17?,23-,31-/m0/s1. The maximum Gasteiger partial charge on any atom is 0.433 e. The number of primary amides is 1. The number of fused-ring (bicyclic) bond motifs is 3. The molecule has 250 valence electrons. The number of likely N-dealkylation sites (N-methyl/N-ethyl adjacent to an activating group) is 1. The van der Waals surface area contributed by atoms with Crippen LogP contribution in [0.4, 0.5) is 15.3 Å². The van der Waals surface area contributed by atoms with E-state index in [0.717, 1.165) is 23.9 Å². The van der Waals surface area contributed by atoms with Gasteiger partial charge in [-0.05, 0) is 63.4 Å². The molecule has 46 heavy (non-hydrogen) atoms. The molecule has 4 rings (SSSR count). The van der Waals surface area contributed by atoms with Gasteiger partial charge in [0.15, 0.2) is 11.4 Å². The summed E-state index contributed by atoms with van der Waals surface area (Å²) < 4.78 is 10.5. The van der Waals surface area contributed by atoms with Crippen LogP contribution in [0.2, 0.25) is 0 Å². The molecule has 7 N–H and O–H groups in total. The minimum atomic E-state index is -2.79. The van der Waals surface area contributed by atoms with Gasteiger partial charge in [-0.15, -0.1) is 0 Å². The van der Waals surface area contributed by atoms with Crippen molar-refractivity contribution in [2.24, 2.45) is 17.6 Å². The number of ketones is 2. The number of nitrogens with two attached hydrogens (primary N) is 1. The van der Waals surface area contributed by atoms with Crippen LogP contribution in [-0.2, 0) is 25.5 Å². The summed E-state index contributed by atoms with van der Waals surface area (Å²) in [6, 6.07) is 1.25. The number of aliphatic hydroxyl groups excluding tert-OH is 2. The quantitative estimate of drug-likeness (QED) is 0.129. The molecule has 15 heteroatoms. The number of aliphatic hydroxyl groups is 3. The van der Waals surface area contributed by atoms with Crippen molar-refractivity contribution in [3.63, 3.8) is 0 Å². The first-order valence-electron chi connectivity index (χ1n) is 15.1. The van der Waals surface area contributed by atoms with E-state index in [1.165, 1.54) is 25.1 Å². The summed E-state index contributed by atoms with van der Waals surface area (Å²) in [5.74, 6) is -8.01. The lowest BCUT2D eigenvalue weighted by Crippen LogP contribution is -2.63. The topological polar surface area (TPSA) is 229 Å². The summed E-state index contributed by atoms with van der Waals surface area (Å²) in [6.07, 6.45) is 0.360. The van der Waals surface area contributed by atoms with Crippen LogP contribution in [0.15, 0.2) is 34.8 Å². The number of anilines is 1. The summed E-state index contributed by atoms with van der Waals surface area (Å²) in [4.78, 5) is 67.1. The Balaban J connectivity index is 1.85. The summed E-state index contributed by atoms with van der Waals surface area (Å²) >= 11 is 0. The van der Waals surface area contributed by atoms with Crippen LogP contribution in [0.1, 0.15) is 61.9 Å². The highest BCUT2D eigenvalue weighted by Gasteiger charge is 2.63. The highest BCUT2D eigenvalue weighted by molar-refractivity contribution is 6.25. The molecule has 0 saturated carbocycles. The Morgan fingerprint density at radius 3 is 2.26 bits per heavy atom. The van der Waals surface area contributed by atoms with Crippen molar-refractivity contribution in [3.05, 3.63) is 45.9 Å². The second kappa shape index (κ2) is 13.4. The van der Waals surface area contributed by atoms with Crippen LogP contribution in [0, 0.1) is 11.8 Å². The summed E-state index contributed by atoms with van der Waals surface area (Å²) in [7, 11) is 3.05. The number of hydrogen-bond acceptors (Lipinski definition) is 12. The van der Waals surface area contributed by atoms with E-state index in [-0.39, 0.29) is 48.4 Å². The predicted octanol–water partition coefficient (Wildman–Crippen LogP) is 2.31.